The molecule has 12 heteroatoms. The number of sulfonamides is 2. The van der Waals surface area contributed by atoms with Gasteiger partial charge < -0.3 is 13.3 Å². The summed E-state index contributed by atoms with van der Waals surface area (Å²) in [6.45, 7) is 14.6. The van der Waals surface area contributed by atoms with Crippen LogP contribution in [0.25, 0.3) is 0 Å². The molecule has 0 aliphatic carbocycles. The lowest BCUT2D eigenvalue weighted by Crippen LogP contribution is -2.69. The van der Waals surface area contributed by atoms with Crippen molar-refractivity contribution in [1.29, 1.82) is 0 Å². The standard InChI is InChI=1S/C18H42N2O7S2Si/c1-14(18(7,8)30(25-9,26-10)27-11)16(3,4)20(29(13,23)24)17(5,6)15(2)19-28(12,21)22/h14-15,19H,1-13H3. The molecule has 0 saturated heterocycles. The van der Waals surface area contributed by atoms with Gasteiger partial charge in [-0.2, -0.15) is 4.31 Å². The predicted molar refractivity (Wildman–Crippen MR) is 122 cm³/mol. The zero-order chi connectivity index (χ0) is 24.6. The lowest BCUT2D eigenvalue weighted by atomic mass is 9.77. The van der Waals surface area contributed by atoms with E-state index < -0.39 is 51.0 Å². The van der Waals surface area contributed by atoms with E-state index in [2.05, 4.69) is 4.72 Å². The van der Waals surface area contributed by atoms with Crippen LogP contribution < -0.4 is 4.72 Å². The minimum atomic E-state index is -3.76. The molecule has 0 aromatic rings. The average molecular weight is 491 g/mol. The topological polar surface area (TPSA) is 111 Å². The highest BCUT2D eigenvalue weighted by Crippen LogP contribution is 2.52. The molecule has 1 N–H and O–H groups in total. The number of hydrogen-bond donors (Lipinski definition) is 1. The molecule has 2 atom stereocenters. The average Bonchev–Trinajstić information content (AvgIpc) is 2.52. The van der Waals surface area contributed by atoms with Crippen molar-refractivity contribution in [3.8, 4) is 0 Å². The van der Waals surface area contributed by atoms with E-state index in [9.17, 15) is 16.8 Å². The van der Waals surface area contributed by atoms with Gasteiger partial charge in [0.1, 0.15) is 0 Å². The highest BCUT2D eigenvalue weighted by atomic mass is 32.2. The molecule has 0 aromatic heterocycles. The van der Waals surface area contributed by atoms with Gasteiger partial charge in [-0.25, -0.2) is 21.6 Å². The van der Waals surface area contributed by atoms with E-state index in [4.69, 9.17) is 13.3 Å². The second-order valence-electron chi connectivity index (χ2n) is 9.56. The SMILES string of the molecule is CO[Si](OC)(OC)C(C)(C)C(C)C(C)(C)N(C(C)(C)C(C)NS(C)(=O)=O)S(C)(=O)=O. The van der Waals surface area contributed by atoms with Gasteiger partial charge >= 0.3 is 8.80 Å². The molecule has 0 radical (unpaired) electrons. The van der Waals surface area contributed by atoms with Gasteiger partial charge in [-0.05, 0) is 40.5 Å². The van der Waals surface area contributed by atoms with E-state index in [1.807, 2.05) is 34.6 Å². The Labute approximate surface area is 185 Å². The van der Waals surface area contributed by atoms with Crippen LogP contribution >= 0.6 is 0 Å². The monoisotopic (exact) mass is 490 g/mol. The normalized spacial score (nSPS) is 17.3. The largest absolute Gasteiger partial charge is 0.506 e. The second-order valence-corrected chi connectivity index (χ2v) is 16.8. The van der Waals surface area contributed by atoms with Crippen LogP contribution in [0.5, 0.6) is 0 Å². The van der Waals surface area contributed by atoms with E-state index in [1.165, 1.54) is 25.6 Å². The Kier molecular flexibility index (Phi) is 9.39. The summed E-state index contributed by atoms with van der Waals surface area (Å²) in [5.74, 6) is -0.309. The number of nitrogens with zero attached hydrogens (tertiary/aromatic N) is 1. The van der Waals surface area contributed by atoms with Crippen LogP contribution in [0.1, 0.15) is 55.4 Å². The van der Waals surface area contributed by atoms with Crippen LogP contribution in [-0.4, -0.2) is 80.9 Å². The van der Waals surface area contributed by atoms with Crippen molar-refractivity contribution in [2.75, 3.05) is 33.8 Å². The van der Waals surface area contributed by atoms with E-state index in [-0.39, 0.29) is 5.92 Å². The Morgan fingerprint density at radius 2 is 1.17 bits per heavy atom. The number of hydrogen-bond acceptors (Lipinski definition) is 7. The Hall–Kier alpha value is -0.0831. The fourth-order valence-electron chi connectivity index (χ4n) is 4.60. The maximum Gasteiger partial charge on any atom is 0.506 e. The van der Waals surface area contributed by atoms with Gasteiger partial charge in [-0.15, -0.1) is 0 Å². The van der Waals surface area contributed by atoms with E-state index >= 15 is 0 Å². The fraction of sp³-hybridized carbons (Fsp3) is 1.00. The van der Waals surface area contributed by atoms with Crippen molar-refractivity contribution in [2.45, 2.75) is 77.5 Å². The molecule has 0 bridgehead atoms. The summed E-state index contributed by atoms with van der Waals surface area (Å²) in [6.07, 6.45) is 2.19. The van der Waals surface area contributed by atoms with Gasteiger partial charge in [0.2, 0.25) is 20.0 Å². The van der Waals surface area contributed by atoms with Crippen molar-refractivity contribution in [3.05, 3.63) is 0 Å². The molecule has 182 valence electrons. The molecular weight excluding hydrogens is 448 g/mol. The van der Waals surface area contributed by atoms with Crippen molar-refractivity contribution in [1.82, 2.24) is 9.03 Å². The molecule has 0 aliphatic rings. The summed E-state index contributed by atoms with van der Waals surface area (Å²) in [4.78, 5) is 0. The maximum absolute atomic E-state index is 13.1. The third-order valence-electron chi connectivity index (χ3n) is 6.57. The maximum atomic E-state index is 13.1. The Morgan fingerprint density at radius 3 is 1.43 bits per heavy atom. The van der Waals surface area contributed by atoms with E-state index in [1.54, 1.807) is 20.8 Å². The summed E-state index contributed by atoms with van der Waals surface area (Å²) in [7, 11) is -5.91. The van der Waals surface area contributed by atoms with E-state index in [0.717, 1.165) is 12.5 Å². The molecular formula is C18H42N2O7S2Si. The predicted octanol–water partition coefficient (Wildman–Crippen LogP) is 2.04. The van der Waals surface area contributed by atoms with Crippen LogP contribution in [0.15, 0.2) is 0 Å². The molecule has 30 heavy (non-hydrogen) atoms. The van der Waals surface area contributed by atoms with Gasteiger partial charge in [-0.3, -0.25) is 0 Å². The smallest absolute Gasteiger partial charge is 0.377 e. The van der Waals surface area contributed by atoms with Crippen molar-refractivity contribution in [2.24, 2.45) is 5.92 Å². The van der Waals surface area contributed by atoms with Gasteiger partial charge in [-0.1, -0.05) is 20.8 Å². The molecule has 2 unspecified atom stereocenters. The van der Waals surface area contributed by atoms with Crippen LogP contribution in [0, 0.1) is 5.92 Å². The zero-order valence-corrected chi connectivity index (χ0v) is 23.4. The first-order valence-corrected chi connectivity index (χ1v) is 15.2. The van der Waals surface area contributed by atoms with Crippen LogP contribution in [-0.2, 0) is 33.3 Å². The minimum Gasteiger partial charge on any atom is -0.377 e. The van der Waals surface area contributed by atoms with Gasteiger partial charge in [0.15, 0.2) is 0 Å². The second kappa shape index (κ2) is 9.42. The molecule has 0 amide bonds. The van der Waals surface area contributed by atoms with Crippen molar-refractivity contribution >= 4 is 28.9 Å². The van der Waals surface area contributed by atoms with Crippen molar-refractivity contribution < 1.29 is 30.1 Å². The third-order valence-corrected chi connectivity index (χ3v) is 12.6. The first-order valence-electron chi connectivity index (χ1n) is 9.71. The van der Waals surface area contributed by atoms with Crippen LogP contribution in [0.3, 0.4) is 0 Å². The number of nitrogens with one attached hydrogen (secondary N) is 1. The first-order chi connectivity index (χ1) is 13.1. The number of rotatable bonds is 12. The first kappa shape index (κ1) is 29.9. The molecule has 0 rings (SSSR count). The molecule has 0 saturated carbocycles. The van der Waals surface area contributed by atoms with Crippen LogP contribution in [0.2, 0.25) is 5.04 Å². The molecule has 0 spiro atoms. The lowest BCUT2D eigenvalue weighted by molar-refractivity contribution is 0.0120. The molecule has 0 heterocycles. The third kappa shape index (κ3) is 5.83. The Bertz CT molecular complexity index is 783. The molecule has 0 fully saturated rings. The highest BCUT2D eigenvalue weighted by Gasteiger charge is 2.62. The fourth-order valence-corrected chi connectivity index (χ4v) is 10.5. The molecule has 9 nitrogen and oxygen atoms in total. The van der Waals surface area contributed by atoms with E-state index in [0.29, 0.717) is 0 Å². The zero-order valence-electron chi connectivity index (χ0n) is 20.8. The Balaban J connectivity index is 6.66. The van der Waals surface area contributed by atoms with Gasteiger partial charge in [0, 0.05) is 43.5 Å². The quantitative estimate of drug-likeness (QED) is 0.417. The summed E-state index contributed by atoms with van der Waals surface area (Å²) in [5, 5.41) is -0.679. The van der Waals surface area contributed by atoms with Gasteiger partial charge in [0.25, 0.3) is 0 Å². The summed E-state index contributed by atoms with van der Waals surface area (Å²) in [5.41, 5.74) is -2.04. The summed E-state index contributed by atoms with van der Waals surface area (Å²) < 4.78 is 70.8. The molecule has 0 aliphatic heterocycles. The minimum absolute atomic E-state index is 0.309. The van der Waals surface area contributed by atoms with Crippen molar-refractivity contribution in [3.63, 3.8) is 0 Å². The van der Waals surface area contributed by atoms with Crippen LogP contribution in [0.4, 0.5) is 0 Å². The Morgan fingerprint density at radius 1 is 0.800 bits per heavy atom. The molecule has 0 aromatic carbocycles. The summed E-state index contributed by atoms with van der Waals surface area (Å²) in [6, 6.07) is -0.689. The van der Waals surface area contributed by atoms with Gasteiger partial charge in [0.05, 0.1) is 12.5 Å². The highest BCUT2D eigenvalue weighted by molar-refractivity contribution is 7.89. The lowest BCUT2D eigenvalue weighted by Gasteiger charge is -2.56. The summed E-state index contributed by atoms with van der Waals surface area (Å²) >= 11 is 0.